The average molecular weight is 273 g/mol. The number of rotatable bonds is 5. The molecular formula is C14H19N5O. The van der Waals surface area contributed by atoms with E-state index in [4.69, 9.17) is 0 Å². The van der Waals surface area contributed by atoms with Gasteiger partial charge in [-0.2, -0.15) is 5.10 Å². The standard InChI is InChI=1S/C14H19N5O/c1-3-11(2)18-14(20)16-10-12-6-4-7-15-13(12)19-9-5-8-17-19/h4-9,11H,3,10H2,1-2H3,(H2,16,18,20). The molecule has 0 aliphatic rings. The minimum absolute atomic E-state index is 0.162. The number of urea groups is 1. The fraction of sp³-hybridized carbons (Fsp3) is 0.357. The van der Waals surface area contributed by atoms with E-state index in [1.807, 2.05) is 38.2 Å². The predicted octanol–water partition coefficient (Wildman–Crippen LogP) is 1.86. The molecule has 0 aliphatic carbocycles. The van der Waals surface area contributed by atoms with Gasteiger partial charge in [-0.25, -0.2) is 14.5 Å². The summed E-state index contributed by atoms with van der Waals surface area (Å²) in [6.07, 6.45) is 6.13. The molecule has 0 saturated heterocycles. The first-order valence-electron chi connectivity index (χ1n) is 6.69. The Hall–Kier alpha value is -2.37. The van der Waals surface area contributed by atoms with Gasteiger partial charge in [0.25, 0.3) is 0 Å². The van der Waals surface area contributed by atoms with Gasteiger partial charge < -0.3 is 10.6 Å². The second kappa shape index (κ2) is 6.70. The third-order valence-electron chi connectivity index (χ3n) is 3.02. The van der Waals surface area contributed by atoms with Crippen molar-refractivity contribution >= 4 is 6.03 Å². The highest BCUT2D eigenvalue weighted by Gasteiger charge is 2.08. The maximum absolute atomic E-state index is 11.7. The van der Waals surface area contributed by atoms with E-state index < -0.39 is 0 Å². The van der Waals surface area contributed by atoms with Crippen molar-refractivity contribution in [1.82, 2.24) is 25.4 Å². The minimum Gasteiger partial charge on any atom is -0.336 e. The molecule has 2 heterocycles. The molecule has 20 heavy (non-hydrogen) atoms. The molecule has 0 bridgehead atoms. The van der Waals surface area contributed by atoms with Crippen LogP contribution < -0.4 is 10.6 Å². The van der Waals surface area contributed by atoms with Crippen LogP contribution in [0.1, 0.15) is 25.8 Å². The van der Waals surface area contributed by atoms with Gasteiger partial charge in [-0.15, -0.1) is 0 Å². The third kappa shape index (κ3) is 3.57. The summed E-state index contributed by atoms with van der Waals surface area (Å²) >= 11 is 0. The molecule has 106 valence electrons. The first-order valence-corrected chi connectivity index (χ1v) is 6.69. The molecule has 1 atom stereocenters. The van der Waals surface area contributed by atoms with Gasteiger partial charge in [-0.1, -0.05) is 13.0 Å². The van der Waals surface area contributed by atoms with E-state index in [0.717, 1.165) is 17.8 Å². The van der Waals surface area contributed by atoms with Crippen LogP contribution in [-0.4, -0.2) is 26.8 Å². The normalized spacial score (nSPS) is 11.9. The summed E-state index contributed by atoms with van der Waals surface area (Å²) in [5, 5.41) is 9.86. The lowest BCUT2D eigenvalue weighted by Gasteiger charge is -2.13. The number of nitrogens with one attached hydrogen (secondary N) is 2. The maximum atomic E-state index is 11.7. The highest BCUT2D eigenvalue weighted by molar-refractivity contribution is 5.74. The second-order valence-corrected chi connectivity index (χ2v) is 4.57. The molecule has 0 radical (unpaired) electrons. The Morgan fingerprint density at radius 3 is 2.95 bits per heavy atom. The number of nitrogens with zero attached hydrogens (tertiary/aromatic N) is 3. The van der Waals surface area contributed by atoms with Gasteiger partial charge in [-0.3, -0.25) is 0 Å². The van der Waals surface area contributed by atoms with E-state index >= 15 is 0 Å². The molecule has 0 aliphatic heterocycles. The van der Waals surface area contributed by atoms with Crippen LogP contribution in [0.2, 0.25) is 0 Å². The molecule has 0 spiro atoms. The summed E-state index contributed by atoms with van der Waals surface area (Å²) < 4.78 is 1.68. The molecule has 0 saturated carbocycles. The Morgan fingerprint density at radius 2 is 2.25 bits per heavy atom. The van der Waals surface area contributed by atoms with Gasteiger partial charge in [0.2, 0.25) is 0 Å². The Bertz CT molecular complexity index is 552. The Balaban J connectivity index is 2.02. The smallest absolute Gasteiger partial charge is 0.315 e. The highest BCUT2D eigenvalue weighted by Crippen LogP contribution is 2.09. The molecule has 0 aromatic carbocycles. The first-order chi connectivity index (χ1) is 9.70. The van der Waals surface area contributed by atoms with E-state index in [1.165, 1.54) is 0 Å². The first kappa shape index (κ1) is 14.0. The molecule has 2 aromatic rings. The van der Waals surface area contributed by atoms with Crippen LogP contribution in [0.15, 0.2) is 36.8 Å². The topological polar surface area (TPSA) is 71.8 Å². The van der Waals surface area contributed by atoms with Crippen LogP contribution in [0.3, 0.4) is 0 Å². The monoisotopic (exact) mass is 273 g/mol. The fourth-order valence-corrected chi connectivity index (χ4v) is 1.72. The summed E-state index contributed by atoms with van der Waals surface area (Å²) in [6, 6.07) is 5.59. The van der Waals surface area contributed by atoms with Gasteiger partial charge in [0, 0.05) is 36.7 Å². The van der Waals surface area contributed by atoms with Gasteiger partial charge in [0.15, 0.2) is 5.82 Å². The van der Waals surface area contributed by atoms with Crippen molar-refractivity contribution in [1.29, 1.82) is 0 Å². The molecule has 0 fully saturated rings. The largest absolute Gasteiger partial charge is 0.336 e. The molecule has 1 unspecified atom stereocenters. The third-order valence-corrected chi connectivity index (χ3v) is 3.02. The number of carbonyl (C=O) groups excluding carboxylic acids is 1. The van der Waals surface area contributed by atoms with E-state index in [-0.39, 0.29) is 12.1 Å². The zero-order chi connectivity index (χ0) is 14.4. The van der Waals surface area contributed by atoms with Crippen molar-refractivity contribution in [3.05, 3.63) is 42.4 Å². The second-order valence-electron chi connectivity index (χ2n) is 4.57. The van der Waals surface area contributed by atoms with Crippen molar-refractivity contribution in [3.8, 4) is 5.82 Å². The van der Waals surface area contributed by atoms with Gasteiger partial charge in [0.05, 0.1) is 0 Å². The van der Waals surface area contributed by atoms with Crippen molar-refractivity contribution in [2.24, 2.45) is 0 Å². The van der Waals surface area contributed by atoms with Crippen molar-refractivity contribution in [3.63, 3.8) is 0 Å². The van der Waals surface area contributed by atoms with E-state index in [0.29, 0.717) is 6.54 Å². The Kier molecular flexibility index (Phi) is 4.70. The van der Waals surface area contributed by atoms with Gasteiger partial charge >= 0.3 is 6.03 Å². The lowest BCUT2D eigenvalue weighted by molar-refractivity contribution is 0.237. The van der Waals surface area contributed by atoms with E-state index in [2.05, 4.69) is 20.7 Å². The van der Waals surface area contributed by atoms with Gasteiger partial charge in [-0.05, 0) is 25.5 Å². The van der Waals surface area contributed by atoms with Crippen molar-refractivity contribution in [2.45, 2.75) is 32.9 Å². The number of hydrogen-bond acceptors (Lipinski definition) is 3. The minimum atomic E-state index is -0.172. The highest BCUT2D eigenvalue weighted by atomic mass is 16.2. The fourth-order valence-electron chi connectivity index (χ4n) is 1.72. The number of amides is 2. The number of pyridine rings is 1. The summed E-state index contributed by atoms with van der Waals surface area (Å²) in [4.78, 5) is 16.0. The number of hydrogen-bond donors (Lipinski definition) is 2. The van der Waals surface area contributed by atoms with E-state index in [1.54, 1.807) is 17.1 Å². The van der Waals surface area contributed by atoms with Crippen molar-refractivity contribution in [2.75, 3.05) is 0 Å². The van der Waals surface area contributed by atoms with Crippen LogP contribution >= 0.6 is 0 Å². The summed E-state index contributed by atoms with van der Waals surface area (Å²) in [5.74, 6) is 0.723. The zero-order valence-corrected chi connectivity index (χ0v) is 11.7. The van der Waals surface area contributed by atoms with Crippen LogP contribution in [-0.2, 0) is 6.54 Å². The number of carbonyl (C=O) groups is 1. The predicted molar refractivity (Wildman–Crippen MR) is 76.5 cm³/mol. The maximum Gasteiger partial charge on any atom is 0.315 e. The molecule has 2 N–H and O–H groups in total. The van der Waals surface area contributed by atoms with Crippen molar-refractivity contribution < 1.29 is 4.79 Å². The lowest BCUT2D eigenvalue weighted by atomic mass is 10.2. The van der Waals surface area contributed by atoms with Crippen LogP contribution in [0, 0.1) is 0 Å². The Labute approximate surface area is 118 Å². The Morgan fingerprint density at radius 1 is 1.40 bits per heavy atom. The molecule has 2 rings (SSSR count). The molecule has 2 aromatic heterocycles. The zero-order valence-electron chi connectivity index (χ0n) is 11.7. The summed E-state index contributed by atoms with van der Waals surface area (Å²) in [6.45, 7) is 4.41. The van der Waals surface area contributed by atoms with Crippen LogP contribution in [0.4, 0.5) is 4.79 Å². The summed E-state index contributed by atoms with van der Waals surface area (Å²) in [5.41, 5.74) is 0.913. The quantitative estimate of drug-likeness (QED) is 0.873. The molecular weight excluding hydrogens is 254 g/mol. The average Bonchev–Trinajstić information content (AvgIpc) is 2.99. The summed E-state index contributed by atoms with van der Waals surface area (Å²) in [7, 11) is 0. The van der Waals surface area contributed by atoms with E-state index in [9.17, 15) is 4.79 Å². The molecule has 6 nitrogen and oxygen atoms in total. The lowest BCUT2D eigenvalue weighted by Crippen LogP contribution is -2.40. The number of aromatic nitrogens is 3. The van der Waals surface area contributed by atoms with Crippen LogP contribution in [0.5, 0.6) is 0 Å². The molecule has 2 amide bonds. The molecule has 6 heteroatoms. The van der Waals surface area contributed by atoms with Crippen LogP contribution in [0.25, 0.3) is 5.82 Å². The van der Waals surface area contributed by atoms with Gasteiger partial charge in [0.1, 0.15) is 0 Å². The SMILES string of the molecule is CCC(C)NC(=O)NCc1cccnc1-n1cccn1.